The maximum Gasteiger partial charge on any atom is 0.260 e. The van der Waals surface area contributed by atoms with Crippen molar-refractivity contribution >= 4 is 11.6 Å². The third-order valence-electron chi connectivity index (χ3n) is 4.39. The van der Waals surface area contributed by atoms with Gasteiger partial charge in [0.1, 0.15) is 5.75 Å². The van der Waals surface area contributed by atoms with Crippen LogP contribution in [0.5, 0.6) is 5.75 Å². The highest BCUT2D eigenvalue weighted by Gasteiger charge is 2.21. The number of para-hydroxylation sites is 1. The van der Waals surface area contributed by atoms with Crippen LogP contribution in [0.3, 0.4) is 0 Å². The molecule has 0 bridgehead atoms. The molecule has 0 radical (unpaired) electrons. The first-order valence-corrected chi connectivity index (χ1v) is 8.46. The van der Waals surface area contributed by atoms with Crippen LogP contribution in [0.15, 0.2) is 42.7 Å². The van der Waals surface area contributed by atoms with Crippen molar-refractivity contribution in [2.45, 2.75) is 13.3 Å². The fraction of sp³-hybridized carbons (Fsp3) is 0.368. The smallest absolute Gasteiger partial charge is 0.260 e. The van der Waals surface area contributed by atoms with E-state index in [1.807, 2.05) is 36.1 Å². The monoisotopic (exact) mass is 343 g/mol. The number of nitrogens with zero attached hydrogens (tertiary/aromatic N) is 3. The Hall–Kier alpha value is -2.63. The van der Waals surface area contributed by atoms with Crippen LogP contribution >= 0.6 is 0 Å². The third-order valence-corrected chi connectivity index (χ3v) is 4.39. The topological polar surface area (TPSA) is 45.7 Å². The number of hydrogen-bond donors (Lipinski definition) is 0. The van der Waals surface area contributed by atoms with Crippen LogP contribution in [-0.2, 0) is 4.79 Å². The standard InChI is InChI=1S/C19H22FN3O2/c1-15-5-2-3-6-18(15)25-14-19(24)23-10-4-9-22(11-12-23)17-7-8-21-13-16(17)20/h2-3,5-8,13H,4,9-12,14H2,1H3. The lowest BCUT2D eigenvalue weighted by atomic mass is 10.2. The lowest BCUT2D eigenvalue weighted by molar-refractivity contribution is -0.133. The molecule has 0 saturated carbocycles. The molecule has 0 spiro atoms. The molecule has 1 amide bonds. The van der Waals surface area contributed by atoms with Gasteiger partial charge in [-0.15, -0.1) is 0 Å². The summed E-state index contributed by atoms with van der Waals surface area (Å²) in [6.07, 6.45) is 3.60. The summed E-state index contributed by atoms with van der Waals surface area (Å²) in [6, 6.07) is 9.31. The van der Waals surface area contributed by atoms with E-state index in [1.54, 1.807) is 17.2 Å². The minimum atomic E-state index is -0.329. The Labute approximate surface area is 147 Å². The number of hydrogen-bond acceptors (Lipinski definition) is 4. The van der Waals surface area contributed by atoms with Crippen LogP contribution in [0.4, 0.5) is 10.1 Å². The normalized spacial score (nSPS) is 15.0. The predicted molar refractivity (Wildman–Crippen MR) is 94.3 cm³/mol. The van der Waals surface area contributed by atoms with E-state index < -0.39 is 0 Å². The average molecular weight is 343 g/mol. The zero-order valence-electron chi connectivity index (χ0n) is 14.3. The first-order valence-electron chi connectivity index (χ1n) is 8.46. The fourth-order valence-corrected chi connectivity index (χ4v) is 2.98. The second-order valence-electron chi connectivity index (χ2n) is 6.10. The van der Waals surface area contributed by atoms with Crippen molar-refractivity contribution in [1.29, 1.82) is 0 Å². The van der Waals surface area contributed by atoms with E-state index in [9.17, 15) is 9.18 Å². The molecule has 1 aliphatic heterocycles. The summed E-state index contributed by atoms with van der Waals surface area (Å²) >= 11 is 0. The molecule has 1 saturated heterocycles. The summed E-state index contributed by atoms with van der Waals surface area (Å²) < 4.78 is 19.6. The van der Waals surface area contributed by atoms with Crippen LogP contribution in [0, 0.1) is 12.7 Å². The summed E-state index contributed by atoms with van der Waals surface area (Å²) in [4.78, 5) is 20.0. The average Bonchev–Trinajstić information content (AvgIpc) is 2.87. The van der Waals surface area contributed by atoms with Crippen molar-refractivity contribution in [2.24, 2.45) is 0 Å². The number of carbonyl (C=O) groups excluding carboxylic acids is 1. The first-order chi connectivity index (χ1) is 12.1. The third kappa shape index (κ3) is 4.26. The second kappa shape index (κ2) is 7.96. The lowest BCUT2D eigenvalue weighted by Crippen LogP contribution is -2.38. The highest BCUT2D eigenvalue weighted by molar-refractivity contribution is 5.78. The maximum absolute atomic E-state index is 13.9. The number of carbonyl (C=O) groups is 1. The van der Waals surface area contributed by atoms with Gasteiger partial charge < -0.3 is 14.5 Å². The van der Waals surface area contributed by atoms with Crippen LogP contribution in [0.2, 0.25) is 0 Å². The summed E-state index contributed by atoms with van der Waals surface area (Å²) in [5.74, 6) is 0.358. The van der Waals surface area contributed by atoms with Crippen LogP contribution < -0.4 is 9.64 Å². The second-order valence-corrected chi connectivity index (χ2v) is 6.10. The van der Waals surface area contributed by atoms with Gasteiger partial charge in [-0.25, -0.2) is 4.39 Å². The van der Waals surface area contributed by atoms with Gasteiger partial charge in [-0.3, -0.25) is 9.78 Å². The summed E-state index contributed by atoms with van der Waals surface area (Å²) in [6.45, 7) is 4.48. The number of halogens is 1. The van der Waals surface area contributed by atoms with E-state index in [4.69, 9.17) is 4.74 Å². The molecule has 0 atom stereocenters. The maximum atomic E-state index is 13.9. The Morgan fingerprint density at radius 2 is 2.04 bits per heavy atom. The van der Waals surface area contributed by atoms with Gasteiger partial charge in [-0.2, -0.15) is 0 Å². The van der Waals surface area contributed by atoms with Crippen LogP contribution in [0.1, 0.15) is 12.0 Å². The summed E-state index contributed by atoms with van der Waals surface area (Å²) in [7, 11) is 0. The number of pyridine rings is 1. The number of benzene rings is 1. The van der Waals surface area contributed by atoms with E-state index in [0.717, 1.165) is 17.7 Å². The van der Waals surface area contributed by atoms with Crippen LogP contribution in [-0.4, -0.2) is 48.6 Å². The molecule has 2 heterocycles. The number of aryl methyl sites for hydroxylation is 1. The number of rotatable bonds is 4. The largest absolute Gasteiger partial charge is 0.484 e. The van der Waals surface area contributed by atoms with Crippen molar-refractivity contribution in [2.75, 3.05) is 37.7 Å². The Morgan fingerprint density at radius 1 is 1.20 bits per heavy atom. The molecule has 25 heavy (non-hydrogen) atoms. The van der Waals surface area contributed by atoms with Gasteiger partial charge in [-0.05, 0) is 31.0 Å². The number of aromatic nitrogens is 1. The van der Waals surface area contributed by atoms with Crippen LogP contribution in [0.25, 0.3) is 0 Å². The molecule has 132 valence electrons. The van der Waals surface area contributed by atoms with E-state index in [-0.39, 0.29) is 18.3 Å². The fourth-order valence-electron chi connectivity index (χ4n) is 2.98. The molecule has 1 fully saturated rings. The van der Waals surface area contributed by atoms with Crippen molar-refractivity contribution in [3.8, 4) is 5.75 Å². The molecular formula is C19H22FN3O2. The van der Waals surface area contributed by atoms with Gasteiger partial charge >= 0.3 is 0 Å². The zero-order chi connectivity index (χ0) is 17.6. The molecule has 6 heteroatoms. The van der Waals surface area contributed by atoms with Gasteiger partial charge in [0.25, 0.3) is 5.91 Å². The Balaban J connectivity index is 1.56. The van der Waals surface area contributed by atoms with Gasteiger partial charge in [0.15, 0.2) is 12.4 Å². The molecule has 1 aromatic heterocycles. The molecule has 1 aliphatic rings. The highest BCUT2D eigenvalue weighted by atomic mass is 19.1. The van der Waals surface area contributed by atoms with E-state index in [2.05, 4.69) is 4.98 Å². The minimum absolute atomic E-state index is 0.0223. The molecule has 0 aliphatic carbocycles. The van der Waals surface area contributed by atoms with Gasteiger partial charge in [0.2, 0.25) is 0 Å². The highest BCUT2D eigenvalue weighted by Crippen LogP contribution is 2.20. The quantitative estimate of drug-likeness (QED) is 0.856. The Morgan fingerprint density at radius 3 is 2.84 bits per heavy atom. The SMILES string of the molecule is Cc1ccccc1OCC(=O)N1CCCN(c2ccncc2F)CC1. The van der Waals surface area contributed by atoms with Gasteiger partial charge in [-0.1, -0.05) is 18.2 Å². The molecule has 3 rings (SSSR count). The van der Waals surface area contributed by atoms with Crippen molar-refractivity contribution in [3.05, 3.63) is 54.1 Å². The van der Waals surface area contributed by atoms with E-state index in [1.165, 1.54) is 6.20 Å². The summed E-state index contributed by atoms with van der Waals surface area (Å²) in [5, 5.41) is 0. The number of ether oxygens (including phenoxy) is 1. The molecule has 2 aromatic rings. The summed E-state index contributed by atoms with van der Waals surface area (Å²) in [5.41, 5.74) is 1.55. The molecule has 0 unspecified atom stereocenters. The molecular weight excluding hydrogens is 321 g/mol. The number of anilines is 1. The van der Waals surface area contributed by atoms with Crippen molar-refractivity contribution < 1.29 is 13.9 Å². The van der Waals surface area contributed by atoms with Gasteiger partial charge in [0.05, 0.1) is 11.9 Å². The van der Waals surface area contributed by atoms with Crippen molar-refractivity contribution in [1.82, 2.24) is 9.88 Å². The van der Waals surface area contributed by atoms with Crippen molar-refractivity contribution in [3.63, 3.8) is 0 Å². The number of amides is 1. The van der Waals surface area contributed by atoms with E-state index >= 15 is 0 Å². The first kappa shape index (κ1) is 17.2. The lowest BCUT2D eigenvalue weighted by Gasteiger charge is -2.24. The molecule has 1 aromatic carbocycles. The Kier molecular flexibility index (Phi) is 5.48. The predicted octanol–water partition coefficient (Wildman–Crippen LogP) is 2.65. The molecule has 0 N–H and O–H groups in total. The molecule has 5 nitrogen and oxygen atoms in total. The van der Waals surface area contributed by atoms with E-state index in [0.29, 0.717) is 31.9 Å². The van der Waals surface area contributed by atoms with Gasteiger partial charge in [0, 0.05) is 32.4 Å². The zero-order valence-corrected chi connectivity index (χ0v) is 14.3. The Bertz CT molecular complexity index is 738. The minimum Gasteiger partial charge on any atom is -0.484 e.